The number of carbonyl (C=O) groups is 1. The minimum absolute atomic E-state index is 0.0475. The van der Waals surface area contributed by atoms with Crippen molar-refractivity contribution in [2.24, 2.45) is 0 Å². The number of nitrogens with one attached hydrogen (secondary N) is 2. The molecule has 1 aromatic carbocycles. The summed E-state index contributed by atoms with van der Waals surface area (Å²) in [6, 6.07) is 5.40. The Labute approximate surface area is 126 Å². The van der Waals surface area contributed by atoms with Crippen LogP contribution in [0, 0.1) is 6.92 Å². The number of aromatic amines is 1. The highest BCUT2D eigenvalue weighted by molar-refractivity contribution is 7.11. The number of rotatable bonds is 4. The molecule has 2 heterocycles. The average molecular weight is 300 g/mol. The van der Waals surface area contributed by atoms with Crippen molar-refractivity contribution in [2.45, 2.75) is 26.3 Å². The fraction of sp³-hybridized carbons (Fsp3) is 0.267. The summed E-state index contributed by atoms with van der Waals surface area (Å²) in [6.45, 7) is 4.06. The van der Waals surface area contributed by atoms with Gasteiger partial charge in [0.1, 0.15) is 5.01 Å². The van der Waals surface area contributed by atoms with E-state index in [2.05, 4.69) is 20.3 Å². The Morgan fingerprint density at radius 1 is 1.43 bits per heavy atom. The number of nitrogens with zero attached hydrogens (tertiary/aromatic N) is 2. The van der Waals surface area contributed by atoms with Crippen molar-refractivity contribution in [3.8, 4) is 0 Å². The van der Waals surface area contributed by atoms with Gasteiger partial charge in [-0.15, -0.1) is 11.3 Å². The van der Waals surface area contributed by atoms with Gasteiger partial charge in [-0.2, -0.15) is 0 Å². The van der Waals surface area contributed by atoms with Crippen LogP contribution < -0.4 is 5.32 Å². The third kappa shape index (κ3) is 2.80. The van der Waals surface area contributed by atoms with E-state index >= 15 is 0 Å². The molecule has 21 heavy (non-hydrogen) atoms. The van der Waals surface area contributed by atoms with Crippen LogP contribution in [-0.4, -0.2) is 20.9 Å². The van der Waals surface area contributed by atoms with Crippen LogP contribution in [0.25, 0.3) is 11.0 Å². The second kappa shape index (κ2) is 5.65. The van der Waals surface area contributed by atoms with Crippen LogP contribution in [0.3, 0.4) is 0 Å². The smallest absolute Gasteiger partial charge is 0.251 e. The van der Waals surface area contributed by atoms with E-state index in [1.165, 1.54) is 0 Å². The monoisotopic (exact) mass is 300 g/mol. The first-order valence-electron chi connectivity index (χ1n) is 6.83. The van der Waals surface area contributed by atoms with E-state index in [1.807, 2.05) is 32.2 Å². The van der Waals surface area contributed by atoms with Crippen LogP contribution in [0.5, 0.6) is 0 Å². The van der Waals surface area contributed by atoms with Crippen molar-refractivity contribution in [2.75, 3.05) is 0 Å². The SMILES string of the molecule is CC[C@H](NC(=O)c1ccc2nc[nH]c2c1)c1ncc(C)s1. The number of fused-ring (bicyclic) bond motifs is 1. The molecule has 0 bridgehead atoms. The number of aromatic nitrogens is 3. The lowest BCUT2D eigenvalue weighted by atomic mass is 10.1. The standard InChI is InChI=1S/C15H16N4OS/c1-3-11(15-16-7-9(2)21-15)19-14(20)10-4-5-12-13(6-10)18-8-17-12/h4-8,11H,3H2,1-2H3,(H,17,18)(H,19,20)/t11-/m0/s1. The number of carbonyl (C=O) groups excluding carboxylic acids is 1. The van der Waals surface area contributed by atoms with Crippen molar-refractivity contribution in [3.63, 3.8) is 0 Å². The van der Waals surface area contributed by atoms with E-state index in [0.717, 1.165) is 27.3 Å². The molecule has 2 N–H and O–H groups in total. The molecule has 2 aromatic heterocycles. The molecule has 0 aliphatic carbocycles. The van der Waals surface area contributed by atoms with Gasteiger partial charge in [0.2, 0.25) is 0 Å². The Morgan fingerprint density at radius 3 is 3.00 bits per heavy atom. The molecular weight excluding hydrogens is 284 g/mol. The van der Waals surface area contributed by atoms with Crippen LogP contribution in [0.4, 0.5) is 0 Å². The largest absolute Gasteiger partial charge is 0.345 e. The van der Waals surface area contributed by atoms with Crippen molar-refractivity contribution < 1.29 is 4.79 Å². The maximum absolute atomic E-state index is 12.4. The van der Waals surface area contributed by atoms with E-state index in [-0.39, 0.29) is 11.9 Å². The van der Waals surface area contributed by atoms with Gasteiger partial charge in [0.15, 0.2) is 0 Å². The highest BCUT2D eigenvalue weighted by Gasteiger charge is 2.17. The van der Waals surface area contributed by atoms with Crippen molar-refractivity contribution in [3.05, 3.63) is 46.2 Å². The summed E-state index contributed by atoms with van der Waals surface area (Å²) in [4.78, 5) is 25.1. The molecular formula is C15H16N4OS. The molecule has 6 heteroatoms. The van der Waals surface area contributed by atoms with Crippen molar-refractivity contribution in [1.29, 1.82) is 0 Å². The van der Waals surface area contributed by atoms with Gasteiger partial charge in [0.05, 0.1) is 23.4 Å². The van der Waals surface area contributed by atoms with Gasteiger partial charge in [0, 0.05) is 16.6 Å². The lowest BCUT2D eigenvalue weighted by Crippen LogP contribution is -2.28. The van der Waals surface area contributed by atoms with Gasteiger partial charge >= 0.3 is 0 Å². The number of hydrogen-bond acceptors (Lipinski definition) is 4. The molecule has 0 aliphatic rings. The first kappa shape index (κ1) is 13.8. The Bertz CT molecular complexity index is 777. The number of amides is 1. The molecule has 0 unspecified atom stereocenters. The fourth-order valence-electron chi connectivity index (χ4n) is 2.19. The van der Waals surface area contributed by atoms with E-state index in [4.69, 9.17) is 0 Å². The number of benzene rings is 1. The molecule has 0 fully saturated rings. The maximum atomic E-state index is 12.4. The predicted octanol–water partition coefficient (Wildman–Crippen LogP) is 3.21. The predicted molar refractivity (Wildman–Crippen MR) is 83.4 cm³/mol. The molecule has 5 nitrogen and oxygen atoms in total. The molecule has 0 spiro atoms. The second-order valence-electron chi connectivity index (χ2n) is 4.88. The van der Waals surface area contributed by atoms with Gasteiger partial charge in [0.25, 0.3) is 5.91 Å². The van der Waals surface area contributed by atoms with E-state index < -0.39 is 0 Å². The summed E-state index contributed by atoms with van der Waals surface area (Å²) in [7, 11) is 0. The minimum atomic E-state index is -0.0915. The first-order valence-corrected chi connectivity index (χ1v) is 7.65. The number of aryl methyl sites for hydroxylation is 1. The number of thiazole rings is 1. The number of H-pyrrole nitrogens is 1. The molecule has 0 saturated heterocycles. The zero-order chi connectivity index (χ0) is 14.8. The van der Waals surface area contributed by atoms with Crippen LogP contribution >= 0.6 is 11.3 Å². The van der Waals surface area contributed by atoms with Gasteiger partial charge < -0.3 is 10.3 Å². The molecule has 3 rings (SSSR count). The third-order valence-corrected chi connectivity index (χ3v) is 4.36. The normalized spacial score (nSPS) is 12.5. The summed E-state index contributed by atoms with van der Waals surface area (Å²) in [6.07, 6.45) is 4.27. The zero-order valence-corrected chi connectivity index (χ0v) is 12.7. The Hall–Kier alpha value is -2.21. The minimum Gasteiger partial charge on any atom is -0.345 e. The Balaban J connectivity index is 1.80. The van der Waals surface area contributed by atoms with Gasteiger partial charge in [-0.3, -0.25) is 4.79 Å². The van der Waals surface area contributed by atoms with Crippen molar-refractivity contribution in [1.82, 2.24) is 20.3 Å². The van der Waals surface area contributed by atoms with E-state index in [9.17, 15) is 4.79 Å². The Morgan fingerprint density at radius 2 is 2.29 bits per heavy atom. The lowest BCUT2D eigenvalue weighted by molar-refractivity contribution is 0.0935. The van der Waals surface area contributed by atoms with Gasteiger partial charge in [-0.1, -0.05) is 6.92 Å². The average Bonchev–Trinajstić information content (AvgIpc) is 3.12. The zero-order valence-electron chi connectivity index (χ0n) is 11.9. The molecule has 0 radical (unpaired) electrons. The molecule has 0 aliphatic heterocycles. The summed E-state index contributed by atoms with van der Waals surface area (Å²) < 4.78 is 0. The van der Waals surface area contributed by atoms with Gasteiger partial charge in [-0.05, 0) is 31.5 Å². The summed E-state index contributed by atoms with van der Waals surface area (Å²) in [5.74, 6) is -0.0915. The third-order valence-electron chi connectivity index (χ3n) is 3.33. The lowest BCUT2D eigenvalue weighted by Gasteiger charge is -2.14. The van der Waals surface area contributed by atoms with Crippen LogP contribution in [-0.2, 0) is 0 Å². The Kier molecular flexibility index (Phi) is 3.70. The van der Waals surface area contributed by atoms with Crippen LogP contribution in [0.15, 0.2) is 30.7 Å². The summed E-state index contributed by atoms with van der Waals surface area (Å²) in [5.41, 5.74) is 2.34. The van der Waals surface area contributed by atoms with Crippen molar-refractivity contribution >= 4 is 28.3 Å². The molecule has 108 valence electrons. The van der Waals surface area contributed by atoms with E-state index in [1.54, 1.807) is 23.7 Å². The fourth-order valence-corrected chi connectivity index (χ4v) is 3.10. The topological polar surface area (TPSA) is 70.7 Å². The second-order valence-corrected chi connectivity index (χ2v) is 6.14. The van der Waals surface area contributed by atoms with Crippen LogP contribution in [0.1, 0.15) is 39.6 Å². The summed E-state index contributed by atoms with van der Waals surface area (Å²) in [5, 5.41) is 3.99. The van der Waals surface area contributed by atoms with Crippen LogP contribution in [0.2, 0.25) is 0 Å². The maximum Gasteiger partial charge on any atom is 0.251 e. The quantitative estimate of drug-likeness (QED) is 0.777. The summed E-state index contributed by atoms with van der Waals surface area (Å²) >= 11 is 1.62. The molecule has 1 atom stereocenters. The highest BCUT2D eigenvalue weighted by Crippen LogP contribution is 2.22. The highest BCUT2D eigenvalue weighted by atomic mass is 32.1. The van der Waals surface area contributed by atoms with Gasteiger partial charge in [-0.25, -0.2) is 9.97 Å². The first-order chi connectivity index (χ1) is 10.2. The van der Waals surface area contributed by atoms with E-state index in [0.29, 0.717) is 5.56 Å². The molecule has 3 aromatic rings. The molecule has 1 amide bonds. The number of hydrogen-bond donors (Lipinski definition) is 2. The number of imidazole rings is 1. The molecule has 0 saturated carbocycles.